The molecule has 0 saturated carbocycles. The summed E-state index contributed by atoms with van der Waals surface area (Å²) >= 11 is 0. The van der Waals surface area contributed by atoms with Gasteiger partial charge in [0.1, 0.15) is 22.9 Å². The Balaban J connectivity index is 1.88. The minimum absolute atomic E-state index is 0.0245. The Morgan fingerprint density at radius 3 is 1.91 bits per heavy atom. The average Bonchev–Trinajstić information content (AvgIpc) is 2.68. The predicted molar refractivity (Wildman–Crippen MR) is 96.0 cm³/mol. The van der Waals surface area contributed by atoms with Gasteiger partial charge in [-0.15, -0.1) is 0 Å². The van der Waals surface area contributed by atoms with Crippen molar-refractivity contribution in [2.45, 2.75) is 38.8 Å². The molecule has 1 N–H and O–H groups in total. The van der Waals surface area contributed by atoms with E-state index in [2.05, 4.69) is 4.74 Å². The molecule has 11 heteroatoms. The monoisotopic (exact) mass is 468 g/mol. The normalized spacial score (nSPS) is 23.9. The van der Waals surface area contributed by atoms with Gasteiger partial charge in [-0.3, -0.25) is 0 Å². The largest absolute Gasteiger partial charge is 0.432 e. The van der Waals surface area contributed by atoms with Crippen molar-refractivity contribution in [3.63, 3.8) is 0 Å². The highest BCUT2D eigenvalue weighted by atomic mass is 19.3. The number of rotatable bonds is 6. The molecule has 0 unspecified atom stereocenters. The van der Waals surface area contributed by atoms with Crippen molar-refractivity contribution in [3.05, 3.63) is 64.5 Å². The third-order valence-electron chi connectivity index (χ3n) is 4.99. The third kappa shape index (κ3) is 4.69. The van der Waals surface area contributed by atoms with E-state index < -0.39 is 63.5 Å². The van der Waals surface area contributed by atoms with Gasteiger partial charge < -0.3 is 19.3 Å². The van der Waals surface area contributed by atoms with Crippen molar-refractivity contribution in [1.29, 1.82) is 0 Å². The number of halogens is 7. The first-order chi connectivity index (χ1) is 14.8. The zero-order valence-electron chi connectivity index (χ0n) is 17.0. The van der Waals surface area contributed by atoms with Gasteiger partial charge in [0.05, 0.1) is 13.2 Å². The summed E-state index contributed by atoms with van der Waals surface area (Å²) in [6.07, 6.45) is -3.28. The first-order valence-electron chi connectivity index (χ1n) is 9.52. The standard InChI is InChI=1S/C21H19F7O4/c1-3-4-19(2)9-30-21(29,31-10-19)11-5-13(22)17(14(23)6-11)20(27,28)32-12-7-15(24)18(26)16(25)8-12/h5-8,29H,3-4,9-10H2,1-2H3. The topological polar surface area (TPSA) is 47.9 Å². The second-order valence-electron chi connectivity index (χ2n) is 7.85. The maximum absolute atomic E-state index is 14.5. The van der Waals surface area contributed by atoms with E-state index >= 15 is 0 Å². The molecule has 1 saturated heterocycles. The Kier molecular flexibility index (Phi) is 6.47. The van der Waals surface area contributed by atoms with Crippen molar-refractivity contribution in [2.24, 2.45) is 5.41 Å². The van der Waals surface area contributed by atoms with Crippen molar-refractivity contribution < 1.29 is 50.1 Å². The quantitative estimate of drug-likeness (QED) is 0.452. The number of ether oxygens (including phenoxy) is 3. The molecule has 2 aromatic carbocycles. The molecule has 2 aromatic rings. The molecule has 0 bridgehead atoms. The summed E-state index contributed by atoms with van der Waals surface area (Å²) in [7, 11) is 0. The van der Waals surface area contributed by atoms with Gasteiger partial charge in [-0.1, -0.05) is 20.3 Å². The van der Waals surface area contributed by atoms with Crippen molar-refractivity contribution >= 4 is 0 Å². The molecule has 3 rings (SSSR count). The van der Waals surface area contributed by atoms with Crippen LogP contribution in [-0.4, -0.2) is 18.3 Å². The summed E-state index contributed by atoms with van der Waals surface area (Å²) in [6.45, 7) is 3.69. The Hall–Kier alpha value is -2.37. The Labute approximate surface area is 178 Å². The molecule has 1 aliphatic rings. The van der Waals surface area contributed by atoms with Crippen LogP contribution in [0.4, 0.5) is 30.7 Å². The summed E-state index contributed by atoms with van der Waals surface area (Å²) < 4.78 is 112. The van der Waals surface area contributed by atoms with Crippen LogP contribution in [-0.2, 0) is 21.6 Å². The first kappa shape index (κ1) is 24.3. The van der Waals surface area contributed by atoms with Crippen molar-refractivity contribution in [1.82, 2.24) is 0 Å². The van der Waals surface area contributed by atoms with Crippen LogP contribution >= 0.6 is 0 Å². The van der Waals surface area contributed by atoms with Crippen LogP contribution in [0.5, 0.6) is 5.75 Å². The van der Waals surface area contributed by atoms with E-state index in [4.69, 9.17) is 9.47 Å². The summed E-state index contributed by atoms with van der Waals surface area (Å²) in [5, 5.41) is 10.5. The molecular formula is C21H19F7O4. The van der Waals surface area contributed by atoms with Gasteiger partial charge in [-0.05, 0) is 18.6 Å². The second-order valence-corrected chi connectivity index (χ2v) is 7.85. The summed E-state index contributed by atoms with van der Waals surface area (Å²) in [5.41, 5.74) is -2.98. The second kappa shape index (κ2) is 8.53. The van der Waals surface area contributed by atoms with Gasteiger partial charge in [0.25, 0.3) is 0 Å². The first-order valence-corrected chi connectivity index (χ1v) is 9.52. The molecule has 0 aliphatic carbocycles. The van der Waals surface area contributed by atoms with Crippen LogP contribution in [0.1, 0.15) is 37.8 Å². The van der Waals surface area contributed by atoms with Crippen LogP contribution in [0.2, 0.25) is 0 Å². The summed E-state index contributed by atoms with van der Waals surface area (Å²) in [4.78, 5) is 0. The average molecular weight is 468 g/mol. The van der Waals surface area contributed by atoms with Gasteiger partial charge >= 0.3 is 12.1 Å². The van der Waals surface area contributed by atoms with Gasteiger partial charge in [0.15, 0.2) is 17.5 Å². The smallest absolute Gasteiger partial charge is 0.429 e. The fourth-order valence-corrected chi connectivity index (χ4v) is 3.37. The Morgan fingerprint density at radius 2 is 1.44 bits per heavy atom. The zero-order chi connectivity index (χ0) is 23.9. The van der Waals surface area contributed by atoms with Crippen LogP contribution < -0.4 is 4.74 Å². The van der Waals surface area contributed by atoms with Crippen LogP contribution in [0.15, 0.2) is 24.3 Å². The number of alkyl halides is 2. The lowest BCUT2D eigenvalue weighted by atomic mass is 9.86. The molecule has 32 heavy (non-hydrogen) atoms. The maximum atomic E-state index is 14.5. The van der Waals surface area contributed by atoms with Gasteiger partial charge in [-0.2, -0.15) is 8.78 Å². The predicted octanol–water partition coefficient (Wildman–Crippen LogP) is 5.47. The zero-order valence-corrected chi connectivity index (χ0v) is 17.0. The lowest BCUT2D eigenvalue weighted by molar-refractivity contribution is -0.415. The van der Waals surface area contributed by atoms with Crippen LogP contribution in [0, 0.1) is 34.5 Å². The summed E-state index contributed by atoms with van der Waals surface area (Å²) in [5.74, 6) is -13.1. The SMILES string of the molecule is CCCC1(C)COC(O)(c2cc(F)c(C(F)(F)Oc3cc(F)c(F)c(F)c3)c(F)c2)OC1. The number of aliphatic hydroxyl groups is 1. The fraction of sp³-hybridized carbons (Fsp3) is 0.429. The third-order valence-corrected chi connectivity index (χ3v) is 4.99. The van der Waals surface area contributed by atoms with E-state index in [1.54, 1.807) is 0 Å². The molecule has 176 valence electrons. The Bertz CT molecular complexity index is 958. The lowest BCUT2D eigenvalue weighted by Gasteiger charge is -2.41. The fourth-order valence-electron chi connectivity index (χ4n) is 3.37. The minimum Gasteiger partial charge on any atom is -0.429 e. The molecule has 4 nitrogen and oxygen atoms in total. The molecule has 1 fully saturated rings. The highest BCUT2D eigenvalue weighted by Gasteiger charge is 2.46. The van der Waals surface area contributed by atoms with Gasteiger partial charge in [0.2, 0.25) is 0 Å². The van der Waals surface area contributed by atoms with E-state index in [0.29, 0.717) is 18.6 Å². The molecule has 0 radical (unpaired) electrons. The van der Waals surface area contributed by atoms with Gasteiger partial charge in [-0.25, -0.2) is 22.0 Å². The Morgan fingerprint density at radius 1 is 0.938 bits per heavy atom. The molecular weight excluding hydrogens is 449 g/mol. The van der Waals surface area contributed by atoms with Gasteiger partial charge in [0, 0.05) is 23.1 Å². The van der Waals surface area contributed by atoms with Crippen LogP contribution in [0.25, 0.3) is 0 Å². The number of benzene rings is 2. The molecule has 0 aromatic heterocycles. The number of hydrogen-bond donors (Lipinski definition) is 1. The molecule has 1 aliphatic heterocycles. The maximum Gasteiger partial charge on any atom is 0.432 e. The molecule has 1 heterocycles. The lowest BCUT2D eigenvalue weighted by Crippen LogP contribution is -2.46. The number of hydrogen-bond acceptors (Lipinski definition) is 4. The summed E-state index contributed by atoms with van der Waals surface area (Å²) in [6, 6.07) is 0.917. The highest BCUT2D eigenvalue weighted by molar-refractivity contribution is 5.32. The molecule has 0 atom stereocenters. The molecule has 0 amide bonds. The van der Waals surface area contributed by atoms with Crippen LogP contribution in [0.3, 0.4) is 0 Å². The minimum atomic E-state index is -4.75. The molecule has 0 spiro atoms. The van der Waals surface area contributed by atoms with E-state index in [1.165, 1.54) is 0 Å². The van der Waals surface area contributed by atoms with E-state index in [1.807, 2.05) is 13.8 Å². The van der Waals surface area contributed by atoms with Crippen molar-refractivity contribution in [3.8, 4) is 5.75 Å². The van der Waals surface area contributed by atoms with E-state index in [9.17, 15) is 35.8 Å². The van der Waals surface area contributed by atoms with Crippen molar-refractivity contribution in [2.75, 3.05) is 13.2 Å². The van der Waals surface area contributed by atoms with E-state index in [-0.39, 0.29) is 25.3 Å². The van der Waals surface area contributed by atoms with E-state index in [0.717, 1.165) is 6.42 Å². The highest BCUT2D eigenvalue weighted by Crippen LogP contribution is 2.41.